The molecule has 1 saturated heterocycles. The fourth-order valence-electron chi connectivity index (χ4n) is 3.61. The highest BCUT2D eigenvalue weighted by Gasteiger charge is 2.15. The quantitative estimate of drug-likeness (QED) is 0.462. The van der Waals surface area contributed by atoms with Crippen LogP contribution in [0.5, 0.6) is 5.75 Å². The zero-order chi connectivity index (χ0) is 21.2. The number of ether oxygens (including phenoxy) is 2. The molecule has 7 nitrogen and oxygen atoms in total. The van der Waals surface area contributed by atoms with Crippen LogP contribution in [0.15, 0.2) is 63.1 Å². The molecule has 1 N–H and O–H groups in total. The first-order valence-corrected chi connectivity index (χ1v) is 10.9. The highest BCUT2D eigenvalue weighted by atomic mass is 32.1. The number of rotatable bonds is 5. The van der Waals surface area contributed by atoms with Crippen LogP contribution < -0.4 is 20.6 Å². The van der Waals surface area contributed by atoms with E-state index in [-0.39, 0.29) is 0 Å². The lowest BCUT2D eigenvalue weighted by atomic mass is 10.1. The summed E-state index contributed by atoms with van der Waals surface area (Å²) in [6.45, 7) is 3.06. The lowest BCUT2D eigenvalue weighted by Crippen LogP contribution is -2.36. The maximum Gasteiger partial charge on any atom is 0.345 e. The lowest BCUT2D eigenvalue weighted by molar-refractivity contribution is 0.122. The minimum absolute atomic E-state index is 0.402. The predicted octanol–water partition coefficient (Wildman–Crippen LogP) is 4.51. The van der Waals surface area contributed by atoms with Gasteiger partial charge in [0, 0.05) is 35.6 Å². The van der Waals surface area contributed by atoms with E-state index in [1.807, 2.05) is 53.9 Å². The number of nitrogens with one attached hydrogen (secondary N) is 1. The van der Waals surface area contributed by atoms with Crippen LogP contribution in [-0.4, -0.2) is 38.4 Å². The number of hydrogen-bond donors (Lipinski definition) is 1. The predicted molar refractivity (Wildman–Crippen MR) is 123 cm³/mol. The highest BCUT2D eigenvalue weighted by Crippen LogP contribution is 2.31. The van der Waals surface area contributed by atoms with Crippen LogP contribution in [0.25, 0.3) is 22.2 Å². The first-order chi connectivity index (χ1) is 15.2. The molecule has 0 atom stereocenters. The van der Waals surface area contributed by atoms with Crippen LogP contribution in [0.2, 0.25) is 0 Å². The van der Waals surface area contributed by atoms with Gasteiger partial charge in [-0.25, -0.2) is 9.78 Å². The maximum atomic E-state index is 12.7. The SMILES string of the molecule is COc1ccccc1Nc1nc(-c2cc3ccc(N4CCOCC4)cc3oc2=O)cs1. The second-order valence-corrected chi connectivity index (χ2v) is 7.99. The molecular formula is C23H21N3O4S. The summed E-state index contributed by atoms with van der Waals surface area (Å²) in [4.78, 5) is 19.5. The molecule has 0 saturated carbocycles. The van der Waals surface area contributed by atoms with E-state index < -0.39 is 5.63 Å². The zero-order valence-corrected chi connectivity index (χ0v) is 17.8. The molecular weight excluding hydrogens is 414 g/mol. The summed E-state index contributed by atoms with van der Waals surface area (Å²) >= 11 is 1.42. The van der Waals surface area contributed by atoms with Gasteiger partial charge in [0.15, 0.2) is 5.13 Å². The summed E-state index contributed by atoms with van der Waals surface area (Å²) < 4.78 is 16.4. The molecule has 158 valence electrons. The number of fused-ring (bicyclic) bond motifs is 1. The van der Waals surface area contributed by atoms with Crippen LogP contribution in [0.1, 0.15) is 0 Å². The van der Waals surface area contributed by atoms with Crippen molar-refractivity contribution in [2.45, 2.75) is 0 Å². The molecule has 2 aromatic carbocycles. The fraction of sp³-hybridized carbons (Fsp3) is 0.217. The highest BCUT2D eigenvalue weighted by molar-refractivity contribution is 7.14. The van der Waals surface area contributed by atoms with Crippen molar-refractivity contribution in [3.05, 3.63) is 64.3 Å². The third-order valence-electron chi connectivity index (χ3n) is 5.22. The molecule has 0 bridgehead atoms. The number of aromatic nitrogens is 1. The molecule has 0 radical (unpaired) electrons. The summed E-state index contributed by atoms with van der Waals surface area (Å²) in [7, 11) is 1.62. The Balaban J connectivity index is 1.44. The number of anilines is 3. The number of para-hydroxylation sites is 2. The molecule has 0 aliphatic carbocycles. The Labute approximate surface area is 182 Å². The first-order valence-electron chi connectivity index (χ1n) is 9.98. The van der Waals surface area contributed by atoms with Gasteiger partial charge in [0.1, 0.15) is 11.3 Å². The molecule has 1 aliphatic rings. The van der Waals surface area contributed by atoms with E-state index >= 15 is 0 Å². The largest absolute Gasteiger partial charge is 0.495 e. The Bertz CT molecular complexity index is 1280. The Morgan fingerprint density at radius 3 is 2.81 bits per heavy atom. The molecule has 0 unspecified atom stereocenters. The van der Waals surface area contributed by atoms with Gasteiger partial charge in [-0.2, -0.15) is 0 Å². The third-order valence-corrected chi connectivity index (χ3v) is 5.98. The molecule has 5 rings (SSSR count). The summed E-state index contributed by atoms with van der Waals surface area (Å²) in [5, 5.41) is 6.62. The van der Waals surface area contributed by atoms with E-state index in [2.05, 4.69) is 15.2 Å². The summed E-state index contributed by atoms with van der Waals surface area (Å²) in [6, 6.07) is 15.4. The summed E-state index contributed by atoms with van der Waals surface area (Å²) in [5.41, 5.74) is 3.03. The Hall–Kier alpha value is -3.36. The number of thiazole rings is 1. The van der Waals surface area contributed by atoms with E-state index in [1.54, 1.807) is 7.11 Å². The van der Waals surface area contributed by atoms with Crippen molar-refractivity contribution in [2.75, 3.05) is 43.6 Å². The van der Waals surface area contributed by atoms with Gasteiger partial charge >= 0.3 is 5.63 Å². The smallest absolute Gasteiger partial charge is 0.345 e. The normalized spacial score (nSPS) is 14.0. The molecule has 0 spiro atoms. The van der Waals surface area contributed by atoms with Crippen molar-refractivity contribution in [1.82, 2.24) is 4.98 Å². The van der Waals surface area contributed by atoms with E-state index in [1.165, 1.54) is 11.3 Å². The molecule has 2 aromatic heterocycles. The Morgan fingerprint density at radius 2 is 1.97 bits per heavy atom. The van der Waals surface area contributed by atoms with Gasteiger partial charge in [-0.15, -0.1) is 11.3 Å². The first kappa shape index (κ1) is 19.6. The molecule has 31 heavy (non-hydrogen) atoms. The summed E-state index contributed by atoms with van der Waals surface area (Å²) in [6.07, 6.45) is 0. The molecule has 4 aromatic rings. The van der Waals surface area contributed by atoms with Crippen molar-refractivity contribution in [2.24, 2.45) is 0 Å². The second kappa shape index (κ2) is 8.41. The van der Waals surface area contributed by atoms with Gasteiger partial charge in [-0.05, 0) is 30.3 Å². The average Bonchev–Trinajstić information content (AvgIpc) is 3.27. The van der Waals surface area contributed by atoms with Gasteiger partial charge in [-0.1, -0.05) is 12.1 Å². The number of methoxy groups -OCH3 is 1. The molecule has 0 amide bonds. The number of morpholine rings is 1. The molecule has 1 aliphatic heterocycles. The van der Waals surface area contributed by atoms with Crippen LogP contribution in [0.3, 0.4) is 0 Å². The van der Waals surface area contributed by atoms with E-state index in [0.29, 0.717) is 35.2 Å². The van der Waals surface area contributed by atoms with Crippen molar-refractivity contribution in [3.8, 4) is 17.0 Å². The van der Waals surface area contributed by atoms with Crippen LogP contribution in [0, 0.1) is 0 Å². The van der Waals surface area contributed by atoms with Gasteiger partial charge in [-0.3, -0.25) is 0 Å². The monoisotopic (exact) mass is 435 g/mol. The van der Waals surface area contributed by atoms with Crippen LogP contribution >= 0.6 is 11.3 Å². The number of hydrogen-bond acceptors (Lipinski definition) is 8. The van der Waals surface area contributed by atoms with Crippen molar-refractivity contribution >= 4 is 38.8 Å². The van der Waals surface area contributed by atoms with Crippen LogP contribution in [-0.2, 0) is 4.74 Å². The average molecular weight is 436 g/mol. The van der Waals surface area contributed by atoms with E-state index in [0.717, 1.165) is 35.6 Å². The minimum Gasteiger partial charge on any atom is -0.495 e. The van der Waals surface area contributed by atoms with Crippen molar-refractivity contribution in [3.63, 3.8) is 0 Å². The lowest BCUT2D eigenvalue weighted by Gasteiger charge is -2.28. The van der Waals surface area contributed by atoms with Crippen LogP contribution in [0.4, 0.5) is 16.5 Å². The Kier molecular flexibility index (Phi) is 5.31. The number of nitrogens with zero attached hydrogens (tertiary/aromatic N) is 2. The van der Waals surface area contributed by atoms with E-state index in [4.69, 9.17) is 13.9 Å². The van der Waals surface area contributed by atoms with Gasteiger partial charge in [0.2, 0.25) is 0 Å². The van der Waals surface area contributed by atoms with Crippen molar-refractivity contribution < 1.29 is 13.9 Å². The van der Waals surface area contributed by atoms with Gasteiger partial charge in [0.25, 0.3) is 0 Å². The zero-order valence-electron chi connectivity index (χ0n) is 17.0. The van der Waals surface area contributed by atoms with Gasteiger partial charge in [0.05, 0.1) is 37.3 Å². The Morgan fingerprint density at radius 1 is 1.13 bits per heavy atom. The van der Waals surface area contributed by atoms with Crippen molar-refractivity contribution in [1.29, 1.82) is 0 Å². The number of benzene rings is 2. The second-order valence-electron chi connectivity index (χ2n) is 7.13. The molecule has 1 fully saturated rings. The fourth-order valence-corrected chi connectivity index (χ4v) is 4.34. The molecule has 8 heteroatoms. The van der Waals surface area contributed by atoms with E-state index in [9.17, 15) is 4.79 Å². The van der Waals surface area contributed by atoms with Gasteiger partial charge < -0.3 is 24.1 Å². The minimum atomic E-state index is -0.402. The standard InChI is InChI=1S/C23H21N3O4S/c1-28-20-5-3-2-4-18(20)24-23-25-19(14-31-23)17-12-15-6-7-16(13-21(15)30-22(17)27)26-8-10-29-11-9-26/h2-7,12-14H,8-11H2,1H3,(H,24,25). The topological polar surface area (TPSA) is 76.8 Å². The summed E-state index contributed by atoms with van der Waals surface area (Å²) in [5.74, 6) is 0.723. The third kappa shape index (κ3) is 3.99. The molecule has 3 heterocycles. The maximum absolute atomic E-state index is 12.7.